The van der Waals surface area contributed by atoms with Crippen molar-refractivity contribution in [3.63, 3.8) is 0 Å². The van der Waals surface area contributed by atoms with Crippen molar-refractivity contribution in [2.24, 2.45) is 0 Å². The number of para-hydroxylation sites is 1. The summed E-state index contributed by atoms with van der Waals surface area (Å²) in [7, 11) is 0. The number of carbonyl (C=O) groups is 1. The van der Waals surface area contributed by atoms with Crippen LogP contribution in [0.3, 0.4) is 0 Å². The Kier molecular flexibility index (Phi) is 3.04. The third-order valence-corrected chi connectivity index (χ3v) is 2.83. The molecule has 2 aromatic heterocycles. The predicted octanol–water partition coefficient (Wildman–Crippen LogP) is 2.01. The summed E-state index contributed by atoms with van der Waals surface area (Å²) in [5, 5.41) is 9.14. The van der Waals surface area contributed by atoms with Crippen LogP contribution in [0, 0.1) is 0 Å². The number of aromatic carboxylic acids is 1. The maximum atomic E-state index is 11.2. The lowest BCUT2D eigenvalue weighted by molar-refractivity contribution is 0.0693. The summed E-state index contributed by atoms with van der Waals surface area (Å²) in [6.07, 6.45) is 4.72. The zero-order chi connectivity index (χ0) is 13.9. The van der Waals surface area contributed by atoms with Gasteiger partial charge in [0.05, 0.1) is 11.7 Å². The molecule has 0 unspecified atom stereocenters. The van der Waals surface area contributed by atoms with Crippen molar-refractivity contribution in [2.45, 2.75) is 6.61 Å². The first-order valence-electron chi connectivity index (χ1n) is 5.98. The van der Waals surface area contributed by atoms with E-state index in [0.29, 0.717) is 17.1 Å². The largest absolute Gasteiger partial charge is 0.486 e. The number of rotatable bonds is 4. The first kappa shape index (κ1) is 12.2. The first-order chi connectivity index (χ1) is 9.75. The highest BCUT2D eigenvalue weighted by Crippen LogP contribution is 2.15. The SMILES string of the molecule is O=C(O)c1nc(COc2ccccc2)n2ccncc12. The molecule has 2 heterocycles. The van der Waals surface area contributed by atoms with E-state index in [9.17, 15) is 4.79 Å². The molecule has 0 bridgehead atoms. The Morgan fingerprint density at radius 3 is 2.85 bits per heavy atom. The average molecular weight is 269 g/mol. The molecule has 0 saturated carbocycles. The summed E-state index contributed by atoms with van der Waals surface area (Å²) in [5.41, 5.74) is 0.427. The standard InChI is InChI=1S/C14H11N3O3/c18-14(19)13-11-8-15-6-7-17(11)12(16-13)9-20-10-4-2-1-3-5-10/h1-8H,9H2,(H,18,19). The predicted molar refractivity (Wildman–Crippen MR) is 70.7 cm³/mol. The van der Waals surface area contributed by atoms with Gasteiger partial charge in [-0.1, -0.05) is 18.2 Å². The van der Waals surface area contributed by atoms with E-state index in [1.54, 1.807) is 16.8 Å². The Morgan fingerprint density at radius 2 is 2.10 bits per heavy atom. The molecule has 3 rings (SSSR count). The fourth-order valence-electron chi connectivity index (χ4n) is 1.93. The van der Waals surface area contributed by atoms with Crippen molar-refractivity contribution in [2.75, 3.05) is 0 Å². The zero-order valence-electron chi connectivity index (χ0n) is 10.4. The van der Waals surface area contributed by atoms with Crippen LogP contribution in [-0.2, 0) is 6.61 Å². The van der Waals surface area contributed by atoms with Crippen LogP contribution < -0.4 is 4.74 Å². The molecule has 0 saturated heterocycles. The number of hydrogen-bond donors (Lipinski definition) is 1. The van der Waals surface area contributed by atoms with Crippen molar-refractivity contribution >= 4 is 11.5 Å². The minimum atomic E-state index is -1.08. The van der Waals surface area contributed by atoms with Gasteiger partial charge >= 0.3 is 5.97 Å². The molecule has 0 spiro atoms. The molecule has 0 radical (unpaired) electrons. The summed E-state index contributed by atoms with van der Waals surface area (Å²) < 4.78 is 7.26. The fraction of sp³-hybridized carbons (Fsp3) is 0.0714. The second-order valence-corrected chi connectivity index (χ2v) is 4.12. The fourth-order valence-corrected chi connectivity index (χ4v) is 1.93. The molecular weight excluding hydrogens is 258 g/mol. The van der Waals surface area contributed by atoms with Gasteiger partial charge in [-0.25, -0.2) is 9.78 Å². The van der Waals surface area contributed by atoms with Crippen LogP contribution in [-0.4, -0.2) is 25.4 Å². The summed E-state index contributed by atoms with van der Waals surface area (Å²) in [5.74, 6) is 0.139. The number of aromatic nitrogens is 3. The molecule has 6 nitrogen and oxygen atoms in total. The maximum Gasteiger partial charge on any atom is 0.356 e. The maximum absolute atomic E-state index is 11.2. The molecule has 0 aliphatic heterocycles. The minimum absolute atomic E-state index is 0.0234. The number of hydrogen-bond acceptors (Lipinski definition) is 4. The van der Waals surface area contributed by atoms with E-state index in [4.69, 9.17) is 9.84 Å². The van der Waals surface area contributed by atoms with Crippen molar-refractivity contribution in [3.05, 3.63) is 60.4 Å². The molecule has 20 heavy (non-hydrogen) atoms. The van der Waals surface area contributed by atoms with Crippen molar-refractivity contribution in [1.29, 1.82) is 0 Å². The normalized spacial score (nSPS) is 10.6. The molecule has 3 aromatic rings. The summed E-state index contributed by atoms with van der Waals surface area (Å²) in [6.45, 7) is 0.183. The van der Waals surface area contributed by atoms with Crippen LogP contribution in [0.25, 0.3) is 5.52 Å². The lowest BCUT2D eigenvalue weighted by Gasteiger charge is -2.04. The third-order valence-electron chi connectivity index (χ3n) is 2.83. The van der Waals surface area contributed by atoms with E-state index in [1.165, 1.54) is 6.20 Å². The lowest BCUT2D eigenvalue weighted by atomic mass is 10.3. The van der Waals surface area contributed by atoms with Gasteiger partial charge in [-0.3, -0.25) is 9.38 Å². The average Bonchev–Trinajstić information content (AvgIpc) is 2.85. The van der Waals surface area contributed by atoms with Crippen LogP contribution in [0.1, 0.15) is 16.3 Å². The van der Waals surface area contributed by atoms with E-state index in [-0.39, 0.29) is 12.3 Å². The molecule has 0 aliphatic rings. The van der Waals surface area contributed by atoms with Crippen LogP contribution in [0.5, 0.6) is 5.75 Å². The second kappa shape index (κ2) is 5.00. The highest BCUT2D eigenvalue weighted by atomic mass is 16.5. The highest BCUT2D eigenvalue weighted by Gasteiger charge is 2.16. The topological polar surface area (TPSA) is 76.7 Å². The van der Waals surface area contributed by atoms with Gasteiger partial charge in [0.1, 0.15) is 12.4 Å². The van der Waals surface area contributed by atoms with E-state index >= 15 is 0 Å². The summed E-state index contributed by atoms with van der Waals surface area (Å²) in [6, 6.07) is 9.29. The smallest absolute Gasteiger partial charge is 0.356 e. The number of ether oxygens (including phenoxy) is 1. The second-order valence-electron chi connectivity index (χ2n) is 4.12. The summed E-state index contributed by atoms with van der Waals surface area (Å²) in [4.78, 5) is 19.2. The van der Waals surface area contributed by atoms with Gasteiger partial charge in [0.25, 0.3) is 0 Å². The number of imidazole rings is 1. The van der Waals surface area contributed by atoms with Gasteiger partial charge in [0.15, 0.2) is 11.5 Å². The molecule has 0 amide bonds. The summed E-state index contributed by atoms with van der Waals surface area (Å²) >= 11 is 0. The van der Waals surface area contributed by atoms with Gasteiger partial charge in [-0.2, -0.15) is 0 Å². The number of nitrogens with zero attached hydrogens (tertiary/aromatic N) is 3. The lowest BCUT2D eigenvalue weighted by Crippen LogP contribution is -2.01. The van der Waals surface area contributed by atoms with Crippen LogP contribution in [0.15, 0.2) is 48.9 Å². The van der Waals surface area contributed by atoms with Gasteiger partial charge in [-0.15, -0.1) is 0 Å². The van der Waals surface area contributed by atoms with Crippen molar-refractivity contribution in [3.8, 4) is 5.75 Å². The number of carboxylic acid groups (broad SMARTS) is 1. The molecule has 100 valence electrons. The van der Waals surface area contributed by atoms with Crippen LogP contribution >= 0.6 is 0 Å². The van der Waals surface area contributed by atoms with E-state index < -0.39 is 5.97 Å². The monoisotopic (exact) mass is 269 g/mol. The quantitative estimate of drug-likeness (QED) is 0.784. The Bertz CT molecular complexity index is 753. The number of carboxylic acids is 1. The first-order valence-corrected chi connectivity index (χ1v) is 5.98. The molecule has 6 heteroatoms. The molecular formula is C14H11N3O3. The minimum Gasteiger partial charge on any atom is -0.486 e. The molecule has 1 aromatic carbocycles. The van der Waals surface area contributed by atoms with E-state index in [0.717, 1.165) is 0 Å². The number of fused-ring (bicyclic) bond motifs is 1. The van der Waals surface area contributed by atoms with Crippen molar-refractivity contribution in [1.82, 2.24) is 14.4 Å². The highest BCUT2D eigenvalue weighted by molar-refractivity contribution is 5.93. The third kappa shape index (κ3) is 2.18. The Labute approximate surface area is 114 Å². The molecule has 0 atom stereocenters. The molecule has 0 fully saturated rings. The van der Waals surface area contributed by atoms with Gasteiger partial charge < -0.3 is 9.84 Å². The van der Waals surface area contributed by atoms with Crippen molar-refractivity contribution < 1.29 is 14.6 Å². The van der Waals surface area contributed by atoms with Crippen LogP contribution in [0.2, 0.25) is 0 Å². The van der Waals surface area contributed by atoms with Gasteiger partial charge in [-0.05, 0) is 12.1 Å². The zero-order valence-corrected chi connectivity index (χ0v) is 10.4. The van der Waals surface area contributed by atoms with E-state index in [2.05, 4.69) is 9.97 Å². The Morgan fingerprint density at radius 1 is 1.30 bits per heavy atom. The Balaban J connectivity index is 1.94. The van der Waals surface area contributed by atoms with Gasteiger partial charge in [0, 0.05) is 12.4 Å². The van der Waals surface area contributed by atoms with Crippen LogP contribution in [0.4, 0.5) is 0 Å². The Hall–Kier alpha value is -2.89. The van der Waals surface area contributed by atoms with Gasteiger partial charge in [0.2, 0.25) is 0 Å². The van der Waals surface area contributed by atoms with E-state index in [1.807, 2.05) is 30.3 Å². The molecule has 0 aliphatic carbocycles. The number of benzene rings is 1. The molecule has 1 N–H and O–H groups in total.